The molecule has 102 valence electrons. The number of halogens is 2. The van der Waals surface area contributed by atoms with Crippen LogP contribution in [0.25, 0.3) is 22.3 Å². The quantitative estimate of drug-likeness (QED) is 0.500. The van der Waals surface area contributed by atoms with Gasteiger partial charge in [-0.1, -0.05) is 23.2 Å². The molecule has 0 fully saturated rings. The van der Waals surface area contributed by atoms with Gasteiger partial charge in [-0.2, -0.15) is 5.10 Å². The predicted molar refractivity (Wildman–Crippen MR) is 81.9 cm³/mol. The van der Waals surface area contributed by atoms with Crippen molar-refractivity contribution < 1.29 is 0 Å². The Morgan fingerprint density at radius 1 is 1.25 bits per heavy atom. The third-order valence-corrected chi connectivity index (χ3v) is 3.54. The van der Waals surface area contributed by atoms with Crippen molar-refractivity contribution in [2.75, 3.05) is 5.43 Å². The number of hydrazine groups is 1. The van der Waals surface area contributed by atoms with E-state index < -0.39 is 0 Å². The highest BCUT2D eigenvalue weighted by Gasteiger charge is 2.15. The lowest BCUT2D eigenvalue weighted by molar-refractivity contribution is 1.12. The maximum Gasteiger partial charge on any atom is 0.120 e. The van der Waals surface area contributed by atoms with Gasteiger partial charge >= 0.3 is 0 Å². The lowest BCUT2D eigenvalue weighted by atomic mass is 10.1. The fourth-order valence-corrected chi connectivity index (χ4v) is 2.60. The van der Waals surface area contributed by atoms with Crippen LogP contribution in [0, 0.1) is 6.92 Å². The van der Waals surface area contributed by atoms with Crippen LogP contribution in [0.15, 0.2) is 24.3 Å². The smallest absolute Gasteiger partial charge is 0.120 e. The van der Waals surface area contributed by atoms with Gasteiger partial charge in [0.25, 0.3) is 0 Å². The minimum absolute atomic E-state index is 0.525. The molecule has 2 aromatic heterocycles. The normalized spacial score (nSPS) is 11.0. The van der Waals surface area contributed by atoms with E-state index >= 15 is 0 Å². The van der Waals surface area contributed by atoms with Crippen LogP contribution in [0.1, 0.15) is 5.69 Å². The van der Waals surface area contributed by atoms with Gasteiger partial charge in [0.15, 0.2) is 0 Å². The Bertz CT molecular complexity index is 797. The summed E-state index contributed by atoms with van der Waals surface area (Å²) in [5.74, 6) is 5.51. The SMILES string of the molecule is Cc1cc(NN)c2[nH]nc(-c3ccc(Cl)cc3Cl)c2n1. The minimum Gasteiger partial charge on any atom is -0.322 e. The Labute approximate surface area is 125 Å². The number of pyridine rings is 1. The molecule has 0 radical (unpaired) electrons. The average molecular weight is 308 g/mol. The molecule has 0 saturated heterocycles. The summed E-state index contributed by atoms with van der Waals surface area (Å²) in [4.78, 5) is 4.50. The number of nitrogen functional groups attached to an aromatic ring is 1. The number of nitrogens with zero attached hydrogens (tertiary/aromatic N) is 2. The maximum absolute atomic E-state index is 6.23. The van der Waals surface area contributed by atoms with E-state index in [0.29, 0.717) is 21.3 Å². The number of aromatic nitrogens is 3. The van der Waals surface area contributed by atoms with E-state index in [-0.39, 0.29) is 0 Å². The first-order chi connectivity index (χ1) is 9.60. The van der Waals surface area contributed by atoms with Crippen LogP contribution in [0.2, 0.25) is 10.0 Å². The van der Waals surface area contributed by atoms with Crippen molar-refractivity contribution >= 4 is 39.9 Å². The van der Waals surface area contributed by atoms with Crippen LogP contribution in [0.3, 0.4) is 0 Å². The van der Waals surface area contributed by atoms with E-state index in [1.165, 1.54) is 0 Å². The van der Waals surface area contributed by atoms with Gasteiger partial charge in [-0.25, -0.2) is 4.98 Å². The molecule has 0 aliphatic heterocycles. The molecule has 0 spiro atoms. The molecule has 4 N–H and O–H groups in total. The fourth-order valence-electron chi connectivity index (χ4n) is 2.11. The molecule has 5 nitrogen and oxygen atoms in total. The van der Waals surface area contributed by atoms with Crippen molar-refractivity contribution in [1.82, 2.24) is 15.2 Å². The van der Waals surface area contributed by atoms with Gasteiger partial charge in [0.05, 0.1) is 10.7 Å². The van der Waals surface area contributed by atoms with Crippen LogP contribution in [0.5, 0.6) is 0 Å². The zero-order valence-electron chi connectivity index (χ0n) is 10.5. The molecule has 7 heteroatoms. The summed E-state index contributed by atoms with van der Waals surface area (Å²) in [6, 6.07) is 7.10. The monoisotopic (exact) mass is 307 g/mol. The highest BCUT2D eigenvalue weighted by atomic mass is 35.5. The van der Waals surface area contributed by atoms with Crippen molar-refractivity contribution in [2.45, 2.75) is 6.92 Å². The second-order valence-electron chi connectivity index (χ2n) is 4.38. The van der Waals surface area contributed by atoms with Crippen molar-refractivity contribution in [3.63, 3.8) is 0 Å². The molecule has 3 rings (SSSR count). The molecular formula is C13H11Cl2N5. The number of aryl methyl sites for hydroxylation is 1. The largest absolute Gasteiger partial charge is 0.322 e. The van der Waals surface area contributed by atoms with E-state index in [1.807, 2.05) is 19.1 Å². The fraction of sp³-hybridized carbons (Fsp3) is 0.0769. The lowest BCUT2D eigenvalue weighted by Crippen LogP contribution is -2.07. The van der Waals surface area contributed by atoms with E-state index in [4.69, 9.17) is 29.0 Å². The zero-order chi connectivity index (χ0) is 14.3. The first-order valence-electron chi connectivity index (χ1n) is 5.88. The number of anilines is 1. The van der Waals surface area contributed by atoms with Crippen molar-refractivity contribution in [1.29, 1.82) is 0 Å². The lowest BCUT2D eigenvalue weighted by Gasteiger charge is -2.04. The molecule has 0 atom stereocenters. The molecule has 3 aromatic rings. The minimum atomic E-state index is 0.525. The number of benzene rings is 1. The number of hydrogen-bond donors (Lipinski definition) is 3. The standard InChI is InChI=1S/C13H11Cl2N5/c1-6-4-10(18-16)12-13(17-6)11(19-20-12)8-3-2-7(14)5-9(8)15/h2-5H,16H2,1H3,(H,17,18)(H,19,20). The van der Waals surface area contributed by atoms with E-state index in [1.54, 1.807) is 12.1 Å². The molecule has 20 heavy (non-hydrogen) atoms. The molecule has 0 unspecified atom stereocenters. The molecule has 0 bridgehead atoms. The molecule has 0 amide bonds. The van der Waals surface area contributed by atoms with Gasteiger partial charge < -0.3 is 5.43 Å². The number of H-pyrrole nitrogens is 1. The van der Waals surface area contributed by atoms with E-state index in [0.717, 1.165) is 22.5 Å². The number of rotatable bonds is 2. The summed E-state index contributed by atoms with van der Waals surface area (Å²) in [7, 11) is 0. The molecule has 2 heterocycles. The van der Waals surface area contributed by atoms with Gasteiger partial charge in [-0.3, -0.25) is 10.9 Å². The number of aromatic amines is 1. The van der Waals surface area contributed by atoms with Crippen molar-refractivity contribution in [3.8, 4) is 11.3 Å². The van der Waals surface area contributed by atoms with Crippen LogP contribution in [-0.2, 0) is 0 Å². The summed E-state index contributed by atoms with van der Waals surface area (Å²) < 4.78 is 0. The second-order valence-corrected chi connectivity index (χ2v) is 5.22. The topological polar surface area (TPSA) is 79.6 Å². The number of fused-ring (bicyclic) bond motifs is 1. The van der Waals surface area contributed by atoms with Gasteiger partial charge in [-0.05, 0) is 31.2 Å². The molecule has 1 aromatic carbocycles. The summed E-state index contributed by atoms with van der Waals surface area (Å²) in [6.45, 7) is 1.89. The highest BCUT2D eigenvalue weighted by Crippen LogP contribution is 2.34. The van der Waals surface area contributed by atoms with Crippen LogP contribution in [0.4, 0.5) is 5.69 Å². The summed E-state index contributed by atoms with van der Waals surface area (Å²) in [5.41, 5.74) is 7.08. The average Bonchev–Trinajstić information content (AvgIpc) is 2.81. The van der Waals surface area contributed by atoms with Crippen LogP contribution < -0.4 is 11.3 Å². The van der Waals surface area contributed by atoms with Crippen molar-refractivity contribution in [2.24, 2.45) is 5.84 Å². The van der Waals surface area contributed by atoms with Crippen LogP contribution in [-0.4, -0.2) is 15.2 Å². The van der Waals surface area contributed by atoms with E-state index in [2.05, 4.69) is 20.6 Å². The van der Waals surface area contributed by atoms with Gasteiger partial charge in [0, 0.05) is 16.3 Å². The van der Waals surface area contributed by atoms with Crippen molar-refractivity contribution in [3.05, 3.63) is 40.0 Å². The molecular weight excluding hydrogens is 297 g/mol. The highest BCUT2D eigenvalue weighted by molar-refractivity contribution is 6.36. The van der Waals surface area contributed by atoms with Gasteiger partial charge in [-0.15, -0.1) is 0 Å². The third-order valence-electron chi connectivity index (χ3n) is 2.99. The maximum atomic E-state index is 6.23. The number of hydrogen-bond acceptors (Lipinski definition) is 4. The zero-order valence-corrected chi connectivity index (χ0v) is 12.0. The predicted octanol–water partition coefficient (Wildman–Crippen LogP) is 3.53. The summed E-state index contributed by atoms with van der Waals surface area (Å²) in [5, 5.41) is 8.32. The first-order valence-corrected chi connectivity index (χ1v) is 6.63. The summed E-state index contributed by atoms with van der Waals surface area (Å²) in [6.07, 6.45) is 0. The van der Waals surface area contributed by atoms with E-state index in [9.17, 15) is 0 Å². The van der Waals surface area contributed by atoms with Crippen LogP contribution >= 0.6 is 23.2 Å². The Kier molecular flexibility index (Phi) is 3.25. The number of nitrogens with two attached hydrogens (primary N) is 1. The molecule has 0 saturated carbocycles. The molecule has 0 aliphatic carbocycles. The Hall–Kier alpha value is -1.82. The Morgan fingerprint density at radius 3 is 2.75 bits per heavy atom. The Balaban J connectivity index is 2.29. The van der Waals surface area contributed by atoms with Gasteiger partial charge in [0.1, 0.15) is 16.7 Å². The second kappa shape index (κ2) is 4.94. The van der Waals surface area contributed by atoms with Gasteiger partial charge in [0.2, 0.25) is 0 Å². The first kappa shape index (κ1) is 13.2. The third kappa shape index (κ3) is 2.10. The Morgan fingerprint density at radius 2 is 2.05 bits per heavy atom. The summed E-state index contributed by atoms with van der Waals surface area (Å²) >= 11 is 12.1. The number of nitrogens with one attached hydrogen (secondary N) is 2. The molecule has 0 aliphatic rings.